The van der Waals surface area contributed by atoms with Gasteiger partial charge in [0, 0.05) is 18.6 Å². The summed E-state index contributed by atoms with van der Waals surface area (Å²) in [6.45, 7) is 6.70. The minimum absolute atomic E-state index is 0.641. The maximum atomic E-state index is 2.32. The molecule has 0 N–H and O–H groups in total. The van der Waals surface area contributed by atoms with Crippen LogP contribution in [0.25, 0.3) is 0 Å². The summed E-state index contributed by atoms with van der Waals surface area (Å²) in [5, 5.41) is 0. The minimum Gasteiger partial charge on any atom is -0.203 e. The van der Waals surface area contributed by atoms with Crippen LogP contribution in [0.1, 0.15) is 57.6 Å². The van der Waals surface area contributed by atoms with Gasteiger partial charge in [0.2, 0.25) is 0 Å². The molecule has 0 aromatic carbocycles. The summed E-state index contributed by atoms with van der Waals surface area (Å²) in [6.07, 6.45) is 11.1. The van der Waals surface area contributed by atoms with Crippen LogP contribution in [0.3, 0.4) is 0 Å². The SMILES string of the molecule is CCCCCCC(C)[n+]1ccc(C)cc1. The molecule has 0 bridgehead atoms. The van der Waals surface area contributed by atoms with E-state index in [9.17, 15) is 0 Å². The maximum absolute atomic E-state index is 2.32. The van der Waals surface area contributed by atoms with Gasteiger partial charge in [0.05, 0.1) is 0 Å². The van der Waals surface area contributed by atoms with Crippen LogP contribution in [-0.2, 0) is 0 Å². The second-order valence-electron chi connectivity index (χ2n) is 4.52. The van der Waals surface area contributed by atoms with Crippen LogP contribution in [0.4, 0.5) is 0 Å². The highest BCUT2D eigenvalue weighted by Crippen LogP contribution is 2.10. The lowest BCUT2D eigenvalue weighted by atomic mass is 10.1. The Hall–Kier alpha value is -0.850. The zero-order valence-electron chi connectivity index (χ0n) is 10.4. The third-order valence-corrected chi connectivity index (χ3v) is 3.00. The van der Waals surface area contributed by atoms with Gasteiger partial charge in [-0.05, 0) is 25.8 Å². The quantitative estimate of drug-likeness (QED) is 0.492. The molecule has 84 valence electrons. The Labute approximate surface area is 94.1 Å². The van der Waals surface area contributed by atoms with Crippen molar-refractivity contribution >= 4 is 0 Å². The van der Waals surface area contributed by atoms with Crippen molar-refractivity contribution < 1.29 is 4.57 Å². The minimum atomic E-state index is 0.641. The summed E-state index contributed by atoms with van der Waals surface area (Å²) in [5.74, 6) is 0. The number of pyridine rings is 1. The topological polar surface area (TPSA) is 3.88 Å². The molecule has 1 nitrogen and oxygen atoms in total. The van der Waals surface area contributed by atoms with Gasteiger partial charge < -0.3 is 0 Å². The maximum Gasteiger partial charge on any atom is 0.169 e. The van der Waals surface area contributed by atoms with E-state index in [-0.39, 0.29) is 0 Å². The lowest BCUT2D eigenvalue weighted by molar-refractivity contribution is -0.720. The first-order valence-electron chi connectivity index (χ1n) is 6.21. The third kappa shape index (κ3) is 4.46. The molecule has 15 heavy (non-hydrogen) atoms. The van der Waals surface area contributed by atoms with Crippen LogP contribution in [0.15, 0.2) is 24.5 Å². The molecule has 0 amide bonds. The van der Waals surface area contributed by atoms with Crippen molar-refractivity contribution in [2.24, 2.45) is 0 Å². The standard InChI is InChI=1S/C14H24N/c1-4-5-6-7-8-14(3)15-11-9-13(2)10-12-15/h9-12,14H,4-8H2,1-3H3/q+1. The summed E-state index contributed by atoms with van der Waals surface area (Å²) in [5.41, 5.74) is 1.34. The molecular formula is C14H24N+. The molecule has 0 aliphatic rings. The Morgan fingerprint density at radius 2 is 1.80 bits per heavy atom. The molecule has 0 saturated carbocycles. The number of unbranched alkanes of at least 4 members (excludes halogenated alkanes) is 3. The summed E-state index contributed by atoms with van der Waals surface area (Å²) < 4.78 is 2.32. The van der Waals surface area contributed by atoms with E-state index in [1.807, 2.05) is 0 Å². The zero-order chi connectivity index (χ0) is 11.1. The molecule has 1 aromatic heterocycles. The summed E-state index contributed by atoms with van der Waals surface area (Å²) in [7, 11) is 0. The zero-order valence-corrected chi connectivity index (χ0v) is 10.4. The highest BCUT2D eigenvalue weighted by Gasteiger charge is 2.10. The van der Waals surface area contributed by atoms with E-state index >= 15 is 0 Å². The van der Waals surface area contributed by atoms with Crippen LogP contribution in [-0.4, -0.2) is 0 Å². The number of aryl methyl sites for hydroxylation is 1. The van der Waals surface area contributed by atoms with E-state index in [1.54, 1.807) is 0 Å². The van der Waals surface area contributed by atoms with E-state index in [2.05, 4.69) is 49.9 Å². The molecule has 0 aliphatic carbocycles. The second-order valence-corrected chi connectivity index (χ2v) is 4.52. The largest absolute Gasteiger partial charge is 0.203 e. The van der Waals surface area contributed by atoms with Gasteiger partial charge in [-0.25, -0.2) is 4.57 Å². The molecular weight excluding hydrogens is 182 g/mol. The van der Waals surface area contributed by atoms with Gasteiger partial charge in [-0.2, -0.15) is 0 Å². The molecule has 0 spiro atoms. The molecule has 0 radical (unpaired) electrons. The van der Waals surface area contributed by atoms with Crippen LogP contribution >= 0.6 is 0 Å². The molecule has 1 unspecified atom stereocenters. The van der Waals surface area contributed by atoms with Crippen molar-refractivity contribution in [1.82, 2.24) is 0 Å². The molecule has 1 aromatic rings. The molecule has 1 rings (SSSR count). The van der Waals surface area contributed by atoms with Crippen molar-refractivity contribution in [3.8, 4) is 0 Å². The lowest BCUT2D eigenvalue weighted by Crippen LogP contribution is -2.36. The van der Waals surface area contributed by atoms with E-state index in [1.165, 1.54) is 37.7 Å². The number of aromatic nitrogens is 1. The Morgan fingerprint density at radius 3 is 2.40 bits per heavy atom. The average molecular weight is 206 g/mol. The molecule has 1 atom stereocenters. The summed E-state index contributed by atoms with van der Waals surface area (Å²) >= 11 is 0. The van der Waals surface area contributed by atoms with Crippen molar-refractivity contribution in [3.63, 3.8) is 0 Å². The summed E-state index contributed by atoms with van der Waals surface area (Å²) in [6, 6.07) is 5.01. The number of rotatable bonds is 6. The predicted octanol–water partition coefficient (Wildman–Crippen LogP) is 3.81. The van der Waals surface area contributed by atoms with Crippen molar-refractivity contribution in [1.29, 1.82) is 0 Å². The number of hydrogen-bond acceptors (Lipinski definition) is 0. The molecule has 0 aliphatic heterocycles. The highest BCUT2D eigenvalue weighted by atomic mass is 15.0. The van der Waals surface area contributed by atoms with E-state index in [0.29, 0.717) is 6.04 Å². The van der Waals surface area contributed by atoms with E-state index in [0.717, 1.165) is 0 Å². The first-order valence-corrected chi connectivity index (χ1v) is 6.21. The summed E-state index contributed by atoms with van der Waals surface area (Å²) in [4.78, 5) is 0. The van der Waals surface area contributed by atoms with Gasteiger partial charge in [0.25, 0.3) is 0 Å². The fourth-order valence-corrected chi connectivity index (χ4v) is 1.82. The Bertz CT molecular complexity index is 263. The monoisotopic (exact) mass is 206 g/mol. The number of nitrogens with zero attached hydrogens (tertiary/aromatic N) is 1. The Balaban J connectivity index is 2.33. The molecule has 1 heterocycles. The molecule has 0 saturated heterocycles. The van der Waals surface area contributed by atoms with Crippen molar-refractivity contribution in [2.75, 3.05) is 0 Å². The lowest BCUT2D eigenvalue weighted by Gasteiger charge is -2.06. The van der Waals surface area contributed by atoms with Crippen molar-refractivity contribution in [2.45, 2.75) is 58.9 Å². The normalized spacial score (nSPS) is 12.7. The average Bonchev–Trinajstić information content (AvgIpc) is 2.25. The fourth-order valence-electron chi connectivity index (χ4n) is 1.82. The molecule has 0 fully saturated rings. The van der Waals surface area contributed by atoms with E-state index in [4.69, 9.17) is 0 Å². The van der Waals surface area contributed by atoms with Crippen LogP contribution in [0, 0.1) is 6.92 Å². The van der Waals surface area contributed by atoms with Crippen LogP contribution in [0.5, 0.6) is 0 Å². The Kier molecular flexibility index (Phi) is 5.38. The van der Waals surface area contributed by atoms with Crippen molar-refractivity contribution in [3.05, 3.63) is 30.1 Å². The van der Waals surface area contributed by atoms with Gasteiger partial charge in [0.15, 0.2) is 18.4 Å². The first-order chi connectivity index (χ1) is 7.24. The predicted molar refractivity (Wildman–Crippen MR) is 64.8 cm³/mol. The fraction of sp³-hybridized carbons (Fsp3) is 0.643. The molecule has 1 heteroatoms. The van der Waals surface area contributed by atoms with Gasteiger partial charge >= 0.3 is 0 Å². The number of hydrogen-bond donors (Lipinski definition) is 0. The second kappa shape index (κ2) is 6.60. The van der Waals surface area contributed by atoms with Gasteiger partial charge in [-0.15, -0.1) is 0 Å². The van der Waals surface area contributed by atoms with Gasteiger partial charge in [0.1, 0.15) is 0 Å². The van der Waals surface area contributed by atoms with Gasteiger partial charge in [-0.3, -0.25) is 0 Å². The van der Waals surface area contributed by atoms with Crippen LogP contribution < -0.4 is 4.57 Å². The Morgan fingerprint density at radius 1 is 1.13 bits per heavy atom. The first kappa shape index (κ1) is 12.2. The third-order valence-electron chi connectivity index (χ3n) is 3.00. The van der Waals surface area contributed by atoms with E-state index < -0.39 is 0 Å². The van der Waals surface area contributed by atoms with Crippen LogP contribution in [0.2, 0.25) is 0 Å². The smallest absolute Gasteiger partial charge is 0.169 e. The van der Waals surface area contributed by atoms with Gasteiger partial charge in [-0.1, -0.05) is 26.2 Å². The highest BCUT2D eigenvalue weighted by molar-refractivity contribution is 5.03.